The summed E-state index contributed by atoms with van der Waals surface area (Å²) < 4.78 is 0. The summed E-state index contributed by atoms with van der Waals surface area (Å²) >= 11 is 0. The fourth-order valence-corrected chi connectivity index (χ4v) is 7.46. The van der Waals surface area contributed by atoms with Crippen molar-refractivity contribution in [2.75, 3.05) is 13.1 Å². The summed E-state index contributed by atoms with van der Waals surface area (Å²) in [5.74, 6) is 8.38. The minimum Gasteiger partial charge on any atom is -0.370 e. The third-order valence-corrected chi connectivity index (χ3v) is 8.02. The molecule has 0 aromatic carbocycles. The monoisotopic (exact) mass is 315 g/mol. The van der Waals surface area contributed by atoms with Crippen molar-refractivity contribution in [1.82, 2.24) is 5.32 Å². The molecule has 6 rings (SSSR count). The number of guanidine groups is 2. The van der Waals surface area contributed by atoms with Crippen molar-refractivity contribution in [3.63, 3.8) is 0 Å². The van der Waals surface area contributed by atoms with Crippen molar-refractivity contribution in [2.45, 2.75) is 39.0 Å². The molecule has 0 aromatic rings. The molecule has 2 bridgehead atoms. The maximum atomic E-state index is 6.02. The van der Waals surface area contributed by atoms with Gasteiger partial charge >= 0.3 is 0 Å². The van der Waals surface area contributed by atoms with Crippen LogP contribution in [0.5, 0.6) is 0 Å². The summed E-state index contributed by atoms with van der Waals surface area (Å²) in [4.78, 5) is 8.97. The Morgan fingerprint density at radius 1 is 1.00 bits per heavy atom. The molecule has 5 heteroatoms. The molecule has 0 radical (unpaired) electrons. The van der Waals surface area contributed by atoms with Crippen LogP contribution in [-0.2, 0) is 0 Å². The van der Waals surface area contributed by atoms with Crippen LogP contribution in [0.2, 0.25) is 0 Å². The average Bonchev–Trinajstić information content (AvgIpc) is 2.73. The second-order valence-corrected chi connectivity index (χ2v) is 8.62. The Hall–Kier alpha value is -1.26. The van der Waals surface area contributed by atoms with Crippen molar-refractivity contribution in [1.29, 1.82) is 0 Å². The van der Waals surface area contributed by atoms with E-state index in [-0.39, 0.29) is 0 Å². The molecule has 5 N–H and O–H groups in total. The molecule has 6 aliphatic rings. The molecule has 23 heavy (non-hydrogen) atoms. The zero-order chi connectivity index (χ0) is 15.8. The first-order valence-electron chi connectivity index (χ1n) is 9.56. The molecule has 6 saturated carbocycles. The summed E-state index contributed by atoms with van der Waals surface area (Å²) in [6.07, 6.45) is 6.25. The van der Waals surface area contributed by atoms with E-state index in [1.165, 1.54) is 25.7 Å². The van der Waals surface area contributed by atoms with Crippen molar-refractivity contribution in [3.05, 3.63) is 0 Å². The van der Waals surface area contributed by atoms with Crippen LogP contribution in [0.4, 0.5) is 0 Å². The second kappa shape index (κ2) is 4.64. The third kappa shape index (κ3) is 1.54. The van der Waals surface area contributed by atoms with Gasteiger partial charge in [0.2, 0.25) is 0 Å². The van der Waals surface area contributed by atoms with Crippen LogP contribution in [0, 0.1) is 46.8 Å². The lowest BCUT2D eigenvalue weighted by Gasteiger charge is -2.87. The smallest absolute Gasteiger partial charge is 0.195 e. The summed E-state index contributed by atoms with van der Waals surface area (Å²) in [5, 5.41) is 2.96. The fraction of sp³-hybridized carbons (Fsp3) is 0.889. The lowest BCUT2D eigenvalue weighted by atomic mass is 9.17. The predicted octanol–water partition coefficient (Wildman–Crippen LogP) is 1.54. The predicted molar refractivity (Wildman–Crippen MR) is 91.7 cm³/mol. The number of unbranched alkanes of at least 4 members (excludes halogenated alkanes) is 3. The van der Waals surface area contributed by atoms with Gasteiger partial charge in [-0.1, -0.05) is 26.2 Å². The molecule has 6 fully saturated rings. The lowest BCUT2D eigenvalue weighted by molar-refractivity contribution is -0.408. The third-order valence-electron chi connectivity index (χ3n) is 8.02. The summed E-state index contributed by atoms with van der Waals surface area (Å²) in [6.45, 7) is 3.90. The van der Waals surface area contributed by atoms with Gasteiger partial charge in [0.1, 0.15) is 0 Å². The van der Waals surface area contributed by atoms with Crippen LogP contribution >= 0.6 is 0 Å². The quantitative estimate of drug-likeness (QED) is 0.378. The van der Waals surface area contributed by atoms with Crippen molar-refractivity contribution in [2.24, 2.45) is 68.3 Å². The van der Waals surface area contributed by atoms with Gasteiger partial charge in [-0.25, -0.2) is 0 Å². The molecule has 8 atom stereocenters. The molecule has 0 heterocycles. The average molecular weight is 315 g/mol. The van der Waals surface area contributed by atoms with Crippen molar-refractivity contribution >= 4 is 11.9 Å². The summed E-state index contributed by atoms with van der Waals surface area (Å²) in [6, 6.07) is 0. The van der Waals surface area contributed by atoms with Crippen molar-refractivity contribution < 1.29 is 0 Å². The number of nitrogens with one attached hydrogen (secondary N) is 1. The highest BCUT2D eigenvalue weighted by Gasteiger charge is 2.95. The molecule has 0 spiro atoms. The van der Waals surface area contributed by atoms with Crippen LogP contribution in [0.15, 0.2) is 9.98 Å². The van der Waals surface area contributed by atoms with Crippen LogP contribution < -0.4 is 16.8 Å². The highest BCUT2D eigenvalue weighted by molar-refractivity contribution is 5.97. The van der Waals surface area contributed by atoms with E-state index in [1.807, 2.05) is 0 Å². The van der Waals surface area contributed by atoms with Gasteiger partial charge in [0.25, 0.3) is 0 Å². The molecular weight excluding hydrogens is 286 g/mol. The van der Waals surface area contributed by atoms with E-state index in [2.05, 4.69) is 22.2 Å². The van der Waals surface area contributed by atoms with E-state index in [4.69, 9.17) is 11.5 Å². The van der Waals surface area contributed by atoms with Gasteiger partial charge in [-0.05, 0) is 59.7 Å². The first-order valence-corrected chi connectivity index (χ1v) is 9.56. The van der Waals surface area contributed by atoms with Gasteiger partial charge in [-0.15, -0.1) is 0 Å². The second-order valence-electron chi connectivity index (χ2n) is 8.62. The molecule has 6 unspecified atom stereocenters. The van der Waals surface area contributed by atoms with Gasteiger partial charge in [0.05, 0.1) is 0 Å². The normalized spacial score (nSPS) is 50.6. The summed E-state index contributed by atoms with van der Waals surface area (Å²) in [7, 11) is 0. The van der Waals surface area contributed by atoms with E-state index in [9.17, 15) is 0 Å². The SMILES string of the molecule is CCCCCCN=C(N)NC(N)=NCC12CC3C4C5C(C41)[C@H]2[C@H]35. The maximum Gasteiger partial charge on any atom is 0.195 e. The van der Waals surface area contributed by atoms with Crippen LogP contribution in [0.25, 0.3) is 0 Å². The molecule has 0 amide bonds. The van der Waals surface area contributed by atoms with Crippen molar-refractivity contribution in [3.8, 4) is 0 Å². The lowest BCUT2D eigenvalue weighted by Crippen LogP contribution is -2.85. The van der Waals surface area contributed by atoms with Gasteiger partial charge in [0, 0.05) is 13.1 Å². The zero-order valence-corrected chi connectivity index (χ0v) is 14.0. The van der Waals surface area contributed by atoms with E-state index in [0.717, 1.165) is 60.9 Å². The van der Waals surface area contributed by atoms with E-state index in [1.54, 1.807) is 0 Å². The number of rotatable bonds is 7. The first kappa shape index (κ1) is 14.1. The Bertz CT molecular complexity index is 562. The molecular formula is C18H29N5. The first-order chi connectivity index (χ1) is 11.2. The Kier molecular flexibility index (Phi) is 2.85. The van der Waals surface area contributed by atoms with Gasteiger partial charge < -0.3 is 11.5 Å². The Morgan fingerprint density at radius 2 is 1.74 bits per heavy atom. The van der Waals surface area contributed by atoms with E-state index < -0.39 is 0 Å². The van der Waals surface area contributed by atoms with Gasteiger partial charge in [0.15, 0.2) is 11.9 Å². The van der Waals surface area contributed by atoms with Gasteiger partial charge in [-0.2, -0.15) is 0 Å². The van der Waals surface area contributed by atoms with E-state index in [0.29, 0.717) is 17.3 Å². The largest absolute Gasteiger partial charge is 0.370 e. The molecule has 6 aliphatic carbocycles. The molecule has 0 aliphatic heterocycles. The molecule has 126 valence electrons. The van der Waals surface area contributed by atoms with Crippen LogP contribution in [0.1, 0.15) is 39.0 Å². The topological polar surface area (TPSA) is 88.8 Å². The maximum absolute atomic E-state index is 6.02. The van der Waals surface area contributed by atoms with Crippen LogP contribution in [-0.4, -0.2) is 25.0 Å². The van der Waals surface area contributed by atoms with Gasteiger partial charge in [-0.3, -0.25) is 15.3 Å². The summed E-state index contributed by atoms with van der Waals surface area (Å²) in [5.41, 5.74) is 12.5. The Morgan fingerprint density at radius 3 is 2.43 bits per heavy atom. The number of nitrogens with two attached hydrogens (primary N) is 2. The highest BCUT2D eigenvalue weighted by Crippen LogP contribution is 2.98. The number of aliphatic imine (C=N–C) groups is 2. The minimum atomic E-state index is 0.411. The highest BCUT2D eigenvalue weighted by atomic mass is 15.2. The Balaban J connectivity index is 1.12. The number of hydrogen-bond donors (Lipinski definition) is 3. The number of hydrogen-bond acceptors (Lipinski definition) is 2. The zero-order valence-electron chi connectivity index (χ0n) is 14.0. The number of nitrogens with zero attached hydrogens (tertiary/aromatic N) is 2. The molecule has 0 aromatic heterocycles. The Labute approximate surface area is 138 Å². The fourth-order valence-electron chi connectivity index (χ4n) is 7.46. The molecule has 0 saturated heterocycles. The minimum absolute atomic E-state index is 0.411. The standard InChI is InChI=1S/C18H29N5/c1-2-3-4-5-6-21-16(19)23-17(20)22-8-18-7-9-10-12-11(9)15(18)13(12)14(10)18/h9-15H,2-8H2,1H3,(H5,19,20,21,22,23)/t9?,10-,11?,12?,13?,14-,15?,18?/m1/s1. The molecule has 5 nitrogen and oxygen atoms in total. The van der Waals surface area contributed by atoms with Crippen LogP contribution in [0.3, 0.4) is 0 Å². The van der Waals surface area contributed by atoms with E-state index >= 15 is 0 Å².